The molecule has 188 valence electrons. The third kappa shape index (κ3) is 5.33. The van der Waals surface area contributed by atoms with Gasteiger partial charge in [-0.3, -0.25) is 14.5 Å². The first-order valence-electron chi connectivity index (χ1n) is 10.4. The molecule has 3 amide bonds. The number of carboxylic acids is 1. The summed E-state index contributed by atoms with van der Waals surface area (Å²) < 4.78 is 5.26. The van der Waals surface area contributed by atoms with E-state index in [1.807, 2.05) is 0 Å². The summed E-state index contributed by atoms with van der Waals surface area (Å²) in [5, 5.41) is 36.6. The fourth-order valence-corrected chi connectivity index (χ4v) is 5.97. The van der Waals surface area contributed by atoms with Crippen molar-refractivity contribution in [1.29, 1.82) is 0 Å². The molecule has 3 atom stereocenters. The van der Waals surface area contributed by atoms with Crippen LogP contribution in [0.2, 0.25) is 0 Å². The summed E-state index contributed by atoms with van der Waals surface area (Å²) in [4.78, 5) is 55.8. The Bertz CT molecular complexity index is 1130. The van der Waals surface area contributed by atoms with Crippen LogP contribution in [-0.4, -0.2) is 97.7 Å². The Morgan fingerprint density at radius 3 is 2.75 bits per heavy atom. The number of carbonyl (C=O) groups excluding carboxylic acids is 4. The number of hydrogen-bond acceptors (Lipinski definition) is 13. The van der Waals surface area contributed by atoms with Crippen molar-refractivity contribution in [2.75, 3.05) is 31.2 Å². The number of carbonyl (C=O) groups is 4. The molecule has 2 fully saturated rings. The van der Waals surface area contributed by atoms with Crippen LogP contribution < -0.4 is 45.7 Å². The number of rotatable bonds is 7. The number of aliphatic hydroxyl groups excluding tert-OH is 1. The van der Waals surface area contributed by atoms with Crippen molar-refractivity contribution in [2.45, 2.75) is 30.3 Å². The number of anilines is 1. The molecule has 4 rings (SSSR count). The summed E-state index contributed by atoms with van der Waals surface area (Å²) in [7, 11) is 0. The van der Waals surface area contributed by atoms with Crippen molar-refractivity contribution in [1.82, 2.24) is 20.1 Å². The number of nitrogens with zero attached hydrogens (tertiary/aromatic N) is 4. The molecule has 0 aliphatic carbocycles. The Morgan fingerprint density at radius 2 is 2.14 bits per heavy atom. The van der Waals surface area contributed by atoms with Crippen molar-refractivity contribution >= 4 is 57.8 Å². The molecule has 2 saturated heterocycles. The van der Waals surface area contributed by atoms with Gasteiger partial charge in [-0.1, -0.05) is 5.16 Å². The summed E-state index contributed by atoms with van der Waals surface area (Å²) in [5.41, 5.74) is 4.86. The van der Waals surface area contributed by atoms with Crippen LogP contribution in [0.15, 0.2) is 21.8 Å². The van der Waals surface area contributed by atoms with Gasteiger partial charge >= 0.3 is 35.7 Å². The quantitative estimate of drug-likeness (QED) is 0.0832. The number of oxime groups is 1. The SMILES string of the molecule is Nc1nc(/C(=N/O)C(=O)NC2C(=O)N3C(C(=O)[O-])=C(COC(=O)N4CCC[C@H]4CO)CS[C@H]23)cs1.[Na+]. The predicted molar refractivity (Wildman–Crippen MR) is 120 cm³/mol. The second-order valence-corrected chi connectivity index (χ2v) is 9.84. The van der Waals surface area contributed by atoms with E-state index in [-0.39, 0.29) is 71.0 Å². The number of aromatic nitrogens is 1. The number of hydrogen-bond donors (Lipinski definition) is 4. The van der Waals surface area contributed by atoms with Gasteiger partial charge in [-0.25, -0.2) is 9.78 Å². The fraction of sp³-hybridized carbons (Fsp3) is 0.474. The Hall–Kier alpha value is -2.37. The van der Waals surface area contributed by atoms with Gasteiger partial charge in [0.25, 0.3) is 11.8 Å². The number of carboxylic acid groups (broad SMARTS) is 1. The number of nitrogen functional groups attached to an aromatic ring is 1. The third-order valence-electron chi connectivity index (χ3n) is 5.80. The zero-order valence-corrected chi connectivity index (χ0v) is 22.7. The van der Waals surface area contributed by atoms with E-state index in [0.29, 0.717) is 13.0 Å². The van der Waals surface area contributed by atoms with Crippen LogP contribution in [0.25, 0.3) is 0 Å². The number of thioether (sulfide) groups is 1. The number of aliphatic hydroxyl groups is 1. The molecule has 4 heterocycles. The number of thiazole rings is 1. The molecule has 1 unspecified atom stereocenters. The minimum atomic E-state index is -1.62. The van der Waals surface area contributed by atoms with E-state index in [0.717, 1.165) is 34.4 Å². The van der Waals surface area contributed by atoms with E-state index in [1.165, 1.54) is 10.3 Å². The van der Waals surface area contributed by atoms with E-state index in [2.05, 4.69) is 15.5 Å². The second kappa shape index (κ2) is 11.8. The van der Waals surface area contributed by atoms with Gasteiger partial charge < -0.3 is 40.9 Å². The smallest absolute Gasteiger partial charge is 0.543 e. The van der Waals surface area contributed by atoms with Crippen LogP contribution in [0.5, 0.6) is 0 Å². The van der Waals surface area contributed by atoms with Crippen LogP contribution in [-0.2, 0) is 19.1 Å². The molecule has 1 aromatic heterocycles. The first-order valence-corrected chi connectivity index (χ1v) is 12.4. The van der Waals surface area contributed by atoms with Crippen molar-refractivity contribution in [2.24, 2.45) is 5.16 Å². The normalized spacial score (nSPS) is 23.5. The number of fused-ring (bicyclic) bond motifs is 1. The van der Waals surface area contributed by atoms with Crippen molar-refractivity contribution in [3.05, 3.63) is 22.3 Å². The van der Waals surface area contributed by atoms with Gasteiger partial charge in [0, 0.05) is 23.3 Å². The van der Waals surface area contributed by atoms with Crippen LogP contribution in [0.1, 0.15) is 18.5 Å². The minimum Gasteiger partial charge on any atom is -0.543 e. The van der Waals surface area contributed by atoms with Gasteiger partial charge in [0.15, 0.2) is 10.8 Å². The van der Waals surface area contributed by atoms with Gasteiger partial charge in [0.2, 0.25) is 0 Å². The first-order chi connectivity index (χ1) is 16.8. The molecule has 3 aliphatic rings. The molecule has 5 N–H and O–H groups in total. The van der Waals surface area contributed by atoms with Gasteiger partial charge in [-0.05, 0) is 12.8 Å². The average molecular weight is 549 g/mol. The zero-order chi connectivity index (χ0) is 25.3. The molecule has 3 aliphatic heterocycles. The molecule has 0 aromatic carbocycles. The molecular weight excluding hydrogens is 527 g/mol. The third-order valence-corrected chi connectivity index (χ3v) is 7.81. The molecule has 0 radical (unpaired) electrons. The molecule has 0 spiro atoms. The summed E-state index contributed by atoms with van der Waals surface area (Å²) in [5.74, 6) is -3.12. The van der Waals surface area contributed by atoms with Crippen LogP contribution in [0, 0.1) is 0 Å². The van der Waals surface area contributed by atoms with E-state index >= 15 is 0 Å². The van der Waals surface area contributed by atoms with Crippen molar-refractivity contribution in [3.8, 4) is 0 Å². The van der Waals surface area contributed by atoms with Crippen molar-refractivity contribution < 1.29 is 68.9 Å². The van der Waals surface area contributed by atoms with Crippen LogP contribution in [0.4, 0.5) is 9.93 Å². The summed E-state index contributed by atoms with van der Waals surface area (Å²) >= 11 is 2.19. The number of ether oxygens (including phenoxy) is 1. The van der Waals surface area contributed by atoms with Crippen LogP contribution >= 0.6 is 23.1 Å². The summed E-state index contributed by atoms with van der Waals surface area (Å²) in [6, 6.07) is -1.44. The van der Waals surface area contributed by atoms with Gasteiger partial charge in [-0.2, -0.15) is 0 Å². The average Bonchev–Trinajstić information content (AvgIpc) is 3.49. The molecular formula is C19H21N6NaO8S2. The Morgan fingerprint density at radius 1 is 1.39 bits per heavy atom. The van der Waals surface area contributed by atoms with Crippen molar-refractivity contribution in [3.63, 3.8) is 0 Å². The monoisotopic (exact) mass is 548 g/mol. The van der Waals surface area contributed by atoms with Gasteiger partial charge in [0.1, 0.15) is 23.7 Å². The molecule has 0 saturated carbocycles. The Kier molecular flexibility index (Phi) is 9.23. The zero-order valence-electron chi connectivity index (χ0n) is 19.1. The maximum atomic E-state index is 12.8. The molecule has 0 bridgehead atoms. The van der Waals surface area contributed by atoms with Gasteiger partial charge in [-0.15, -0.1) is 23.1 Å². The number of β-lactam (4-membered cyclic amide) rings is 1. The standard InChI is InChI=1S/C19H22N6O8S2.Na/c20-18-21-10(7-35-18)11(23-32)14(27)22-12-15(28)25-13(17(29)30)8(6-34-16(12)25)5-33-19(31)24-3-1-2-9(24)4-26;/h7,9,12,16,26,32H,1-6H2,(H2,20,21)(H,22,27)(H,29,30);/q;+1/p-1/b23-11-;/t9-,12?,16+;/m0./s1. The molecule has 36 heavy (non-hydrogen) atoms. The number of nitrogens with two attached hydrogens (primary N) is 1. The number of likely N-dealkylation sites (tertiary alicyclic amines) is 1. The summed E-state index contributed by atoms with van der Waals surface area (Å²) in [6.45, 7) is -0.149. The Balaban J connectivity index is 0.00000361. The maximum absolute atomic E-state index is 12.8. The van der Waals surface area contributed by atoms with Crippen LogP contribution in [0.3, 0.4) is 0 Å². The number of nitrogens with one attached hydrogen (secondary N) is 1. The molecule has 1 aromatic rings. The number of aliphatic carboxylic acids is 1. The van der Waals surface area contributed by atoms with E-state index in [9.17, 15) is 34.6 Å². The number of amides is 3. The molecule has 14 nitrogen and oxygen atoms in total. The van der Waals surface area contributed by atoms with E-state index < -0.39 is 46.7 Å². The minimum absolute atomic E-state index is 0. The Labute approximate surface area is 234 Å². The second-order valence-electron chi connectivity index (χ2n) is 7.85. The maximum Gasteiger partial charge on any atom is 1.00 e. The first kappa shape index (κ1) is 28.2. The molecule has 17 heteroatoms. The fourth-order valence-electron chi connectivity index (χ4n) is 4.10. The van der Waals surface area contributed by atoms with Gasteiger partial charge in [0.05, 0.1) is 24.3 Å². The topological polar surface area (TPSA) is 211 Å². The largest absolute Gasteiger partial charge is 1.00 e. The summed E-state index contributed by atoms with van der Waals surface area (Å²) in [6.07, 6.45) is 0.681. The predicted octanol–water partition coefficient (Wildman–Crippen LogP) is -5.10. The van der Waals surface area contributed by atoms with E-state index in [1.54, 1.807) is 0 Å². The van der Waals surface area contributed by atoms with E-state index in [4.69, 9.17) is 10.5 Å².